The molecule has 0 spiro atoms. The van der Waals surface area contributed by atoms with Crippen LogP contribution in [-0.4, -0.2) is 5.78 Å². The van der Waals surface area contributed by atoms with E-state index in [1.54, 1.807) is 12.5 Å². The van der Waals surface area contributed by atoms with Crippen molar-refractivity contribution in [2.45, 2.75) is 52.9 Å². The van der Waals surface area contributed by atoms with Gasteiger partial charge in [-0.2, -0.15) is 0 Å². The van der Waals surface area contributed by atoms with Crippen molar-refractivity contribution in [2.75, 3.05) is 0 Å². The van der Waals surface area contributed by atoms with Crippen LogP contribution in [0.15, 0.2) is 11.6 Å². The van der Waals surface area contributed by atoms with E-state index in [0.29, 0.717) is 17.1 Å². The van der Waals surface area contributed by atoms with Crippen LogP contribution in [0.25, 0.3) is 0 Å². The number of fused-ring (bicyclic) bond motifs is 1. The molecule has 0 heterocycles. The summed E-state index contributed by atoms with van der Waals surface area (Å²) < 4.78 is 0. The van der Waals surface area contributed by atoms with Crippen LogP contribution < -0.4 is 0 Å². The molecule has 1 saturated carbocycles. The van der Waals surface area contributed by atoms with Crippen molar-refractivity contribution in [1.29, 1.82) is 0 Å². The van der Waals surface area contributed by atoms with Gasteiger partial charge >= 0.3 is 0 Å². The van der Waals surface area contributed by atoms with Gasteiger partial charge in [0.25, 0.3) is 0 Å². The summed E-state index contributed by atoms with van der Waals surface area (Å²) in [6.07, 6.45) is 8.32. The van der Waals surface area contributed by atoms with Gasteiger partial charge in [-0.15, -0.1) is 0 Å². The summed E-state index contributed by atoms with van der Waals surface area (Å²) in [7, 11) is 0. The fraction of sp³-hybridized carbons (Fsp3) is 0.786. The Kier molecular flexibility index (Phi) is 2.74. The van der Waals surface area contributed by atoms with Crippen molar-refractivity contribution in [3.63, 3.8) is 0 Å². The Morgan fingerprint density at radius 2 is 2.20 bits per heavy atom. The lowest BCUT2D eigenvalue weighted by molar-refractivity contribution is -0.122. The monoisotopic (exact) mass is 206 g/mol. The first-order chi connectivity index (χ1) is 7.04. The fourth-order valence-electron chi connectivity index (χ4n) is 3.39. The molecule has 0 aliphatic heterocycles. The maximum atomic E-state index is 11.5. The molecule has 0 aromatic carbocycles. The number of hydrogen-bond acceptors (Lipinski definition) is 1. The van der Waals surface area contributed by atoms with E-state index in [1.807, 2.05) is 0 Å². The van der Waals surface area contributed by atoms with Crippen LogP contribution in [0.5, 0.6) is 0 Å². The number of allylic oxidation sites excluding steroid dienone is 2. The van der Waals surface area contributed by atoms with Crippen molar-refractivity contribution < 1.29 is 4.79 Å². The summed E-state index contributed by atoms with van der Waals surface area (Å²) in [5.41, 5.74) is 1.96. The molecule has 0 aromatic heterocycles. The molecule has 0 radical (unpaired) electrons. The minimum Gasteiger partial charge on any atom is -0.300 e. The number of carbonyl (C=O) groups is 1. The van der Waals surface area contributed by atoms with Gasteiger partial charge in [-0.3, -0.25) is 4.79 Å². The highest BCUT2D eigenvalue weighted by Gasteiger charge is 2.42. The third-order valence-corrected chi connectivity index (χ3v) is 4.82. The van der Waals surface area contributed by atoms with E-state index in [1.165, 1.54) is 12.8 Å². The van der Waals surface area contributed by atoms with Gasteiger partial charge < -0.3 is 0 Å². The minimum atomic E-state index is 0.326. The lowest BCUT2D eigenvalue weighted by Crippen LogP contribution is -2.37. The van der Waals surface area contributed by atoms with Gasteiger partial charge in [-0.05, 0) is 50.4 Å². The largest absolute Gasteiger partial charge is 0.300 e. The van der Waals surface area contributed by atoms with Gasteiger partial charge in [0.1, 0.15) is 5.78 Å². The summed E-state index contributed by atoms with van der Waals surface area (Å²) in [5, 5.41) is 0. The topological polar surface area (TPSA) is 17.1 Å². The van der Waals surface area contributed by atoms with E-state index >= 15 is 0 Å². The molecule has 15 heavy (non-hydrogen) atoms. The molecule has 0 amide bonds. The minimum absolute atomic E-state index is 0.326. The van der Waals surface area contributed by atoms with Gasteiger partial charge in [-0.1, -0.05) is 25.5 Å². The Morgan fingerprint density at radius 1 is 1.47 bits per heavy atom. The van der Waals surface area contributed by atoms with Crippen LogP contribution in [0.1, 0.15) is 52.9 Å². The fourth-order valence-corrected chi connectivity index (χ4v) is 3.39. The predicted molar refractivity (Wildman–Crippen MR) is 62.6 cm³/mol. The zero-order valence-electron chi connectivity index (χ0n) is 10.2. The Labute approximate surface area is 92.9 Å². The van der Waals surface area contributed by atoms with Crippen molar-refractivity contribution >= 4 is 5.78 Å². The van der Waals surface area contributed by atoms with E-state index < -0.39 is 0 Å². The van der Waals surface area contributed by atoms with E-state index in [9.17, 15) is 4.79 Å². The number of carbonyl (C=O) groups excluding carboxylic acids is 1. The Hall–Kier alpha value is -0.590. The van der Waals surface area contributed by atoms with Gasteiger partial charge in [0, 0.05) is 5.92 Å². The molecule has 0 N–H and O–H groups in total. The van der Waals surface area contributed by atoms with Gasteiger partial charge in [0.05, 0.1) is 0 Å². The zero-order chi connectivity index (χ0) is 11.1. The molecule has 0 saturated heterocycles. The van der Waals surface area contributed by atoms with Crippen LogP contribution >= 0.6 is 0 Å². The van der Waals surface area contributed by atoms with E-state index in [-0.39, 0.29) is 0 Å². The smallest absolute Gasteiger partial charge is 0.132 e. The molecule has 0 aromatic rings. The second-order valence-corrected chi connectivity index (χ2v) is 5.68. The van der Waals surface area contributed by atoms with Crippen molar-refractivity contribution in [2.24, 2.45) is 17.3 Å². The molecule has 1 heteroatoms. The van der Waals surface area contributed by atoms with Crippen LogP contribution in [-0.2, 0) is 4.79 Å². The average molecular weight is 206 g/mol. The predicted octanol–water partition coefficient (Wildman–Crippen LogP) is 3.74. The number of ketones is 1. The molecule has 1 fully saturated rings. The Balaban J connectivity index is 2.24. The standard InChI is InChI=1S/C14H22O/c1-10-5-4-6-13-8-7-12(11(2)15)9-14(10,13)3/h6,10,12H,4-5,7-9H2,1-3H3/t10-,12+,14+/m0/s1. The highest BCUT2D eigenvalue weighted by atomic mass is 16.1. The van der Waals surface area contributed by atoms with Crippen molar-refractivity contribution in [3.05, 3.63) is 11.6 Å². The van der Waals surface area contributed by atoms with E-state index in [4.69, 9.17) is 0 Å². The second kappa shape index (κ2) is 3.77. The van der Waals surface area contributed by atoms with Crippen LogP contribution in [0, 0.1) is 17.3 Å². The molecular formula is C14H22O. The highest BCUT2D eigenvalue weighted by Crippen LogP contribution is 2.52. The van der Waals surface area contributed by atoms with Crippen LogP contribution in [0.3, 0.4) is 0 Å². The van der Waals surface area contributed by atoms with E-state index in [2.05, 4.69) is 19.9 Å². The van der Waals surface area contributed by atoms with E-state index in [0.717, 1.165) is 25.2 Å². The second-order valence-electron chi connectivity index (χ2n) is 5.68. The number of hydrogen-bond donors (Lipinski definition) is 0. The Morgan fingerprint density at radius 3 is 2.87 bits per heavy atom. The third kappa shape index (κ3) is 1.77. The Bertz CT molecular complexity index is 302. The SMILES string of the molecule is CC(=O)[C@@H]1CCC2=CCC[C@H](C)[C@@]2(C)C1. The molecule has 3 atom stereocenters. The lowest BCUT2D eigenvalue weighted by atomic mass is 9.58. The highest BCUT2D eigenvalue weighted by molar-refractivity contribution is 5.78. The summed E-state index contributed by atoms with van der Waals surface area (Å²) in [4.78, 5) is 11.5. The number of Topliss-reactive ketones (excluding diaryl/α,β-unsaturated/α-hetero) is 1. The summed E-state index contributed by atoms with van der Waals surface area (Å²) in [6, 6.07) is 0. The van der Waals surface area contributed by atoms with Gasteiger partial charge in [-0.25, -0.2) is 0 Å². The third-order valence-electron chi connectivity index (χ3n) is 4.82. The normalized spacial score (nSPS) is 40.6. The first-order valence-electron chi connectivity index (χ1n) is 6.24. The van der Waals surface area contributed by atoms with Crippen LogP contribution in [0.4, 0.5) is 0 Å². The van der Waals surface area contributed by atoms with Crippen LogP contribution in [0.2, 0.25) is 0 Å². The molecule has 1 nitrogen and oxygen atoms in total. The van der Waals surface area contributed by atoms with Gasteiger partial charge in [0.2, 0.25) is 0 Å². The molecule has 2 aliphatic carbocycles. The summed E-state index contributed by atoms with van der Waals surface area (Å²) >= 11 is 0. The lowest BCUT2D eigenvalue weighted by Gasteiger charge is -2.46. The first kappa shape index (κ1) is 10.9. The van der Waals surface area contributed by atoms with Crippen molar-refractivity contribution in [3.8, 4) is 0 Å². The molecule has 0 unspecified atom stereocenters. The molecule has 2 rings (SSSR count). The summed E-state index contributed by atoms with van der Waals surface area (Å²) in [5.74, 6) is 1.47. The quantitative estimate of drug-likeness (QED) is 0.597. The molecule has 84 valence electrons. The summed E-state index contributed by atoms with van der Waals surface area (Å²) in [6.45, 7) is 6.49. The zero-order valence-corrected chi connectivity index (χ0v) is 10.2. The van der Waals surface area contributed by atoms with Crippen molar-refractivity contribution in [1.82, 2.24) is 0 Å². The maximum absolute atomic E-state index is 11.5. The average Bonchev–Trinajstić information content (AvgIpc) is 2.19. The molecular weight excluding hydrogens is 184 g/mol. The molecule has 2 aliphatic rings. The van der Waals surface area contributed by atoms with Gasteiger partial charge in [0.15, 0.2) is 0 Å². The maximum Gasteiger partial charge on any atom is 0.132 e. The number of rotatable bonds is 1. The molecule has 0 bridgehead atoms. The first-order valence-corrected chi connectivity index (χ1v) is 6.24.